The lowest BCUT2D eigenvalue weighted by atomic mass is 10.3. The van der Waals surface area contributed by atoms with Crippen LogP contribution in [-0.4, -0.2) is 60.5 Å². The molecule has 2 rings (SSSR count). The summed E-state index contributed by atoms with van der Waals surface area (Å²) in [5.41, 5.74) is 0.830. The van der Waals surface area contributed by atoms with Crippen molar-refractivity contribution >= 4 is 17.2 Å². The average molecular weight is 270 g/mol. The highest BCUT2D eigenvalue weighted by Crippen LogP contribution is 1.99. The van der Waals surface area contributed by atoms with Gasteiger partial charge in [0.25, 0.3) is 0 Å². The van der Waals surface area contributed by atoms with Crippen LogP contribution in [0.3, 0.4) is 0 Å². The summed E-state index contributed by atoms with van der Waals surface area (Å²) in [5, 5.41) is 4.83. The predicted molar refractivity (Wildman–Crippen MR) is 70.7 cm³/mol. The highest BCUT2D eigenvalue weighted by Gasteiger charge is 2.18. The van der Waals surface area contributed by atoms with Gasteiger partial charge in [-0.25, -0.2) is 0 Å². The van der Waals surface area contributed by atoms with Crippen molar-refractivity contribution in [2.45, 2.75) is 6.54 Å². The minimum Gasteiger partial charge on any atom is -0.339 e. The summed E-state index contributed by atoms with van der Waals surface area (Å²) < 4.78 is 0. The molecule has 1 aliphatic rings. The third kappa shape index (κ3) is 3.66. The van der Waals surface area contributed by atoms with Gasteiger partial charge in [0.2, 0.25) is 5.91 Å². The smallest absolute Gasteiger partial charge is 0.304 e. The molecule has 1 aromatic rings. The van der Waals surface area contributed by atoms with Crippen molar-refractivity contribution in [3.05, 3.63) is 20.7 Å². The Kier molecular flexibility index (Phi) is 4.51. The summed E-state index contributed by atoms with van der Waals surface area (Å²) >= 11 is 1.14. The van der Waals surface area contributed by atoms with E-state index < -0.39 is 0 Å². The predicted octanol–water partition coefficient (Wildman–Crippen LogP) is -0.700. The fraction of sp³-hybridized carbons (Fsp3) is 0.636. The fourth-order valence-corrected chi connectivity index (χ4v) is 2.45. The molecule has 0 aromatic carbocycles. The minimum absolute atomic E-state index is 0.0582. The number of aromatic amines is 1. The van der Waals surface area contributed by atoms with Crippen LogP contribution >= 0.6 is 11.3 Å². The van der Waals surface area contributed by atoms with Crippen molar-refractivity contribution in [1.29, 1.82) is 0 Å². The van der Waals surface area contributed by atoms with E-state index in [9.17, 15) is 9.59 Å². The Bertz CT molecular complexity index is 448. The van der Waals surface area contributed by atoms with E-state index in [-0.39, 0.29) is 10.8 Å². The van der Waals surface area contributed by atoms with E-state index in [0.29, 0.717) is 13.1 Å². The number of carbonyl (C=O) groups is 1. The topological polar surface area (TPSA) is 68.4 Å². The Balaban J connectivity index is 1.70. The van der Waals surface area contributed by atoms with Crippen molar-refractivity contribution in [3.63, 3.8) is 0 Å². The van der Waals surface area contributed by atoms with Crippen molar-refractivity contribution in [2.75, 3.05) is 39.8 Å². The van der Waals surface area contributed by atoms with Gasteiger partial charge in [-0.05, 0) is 7.05 Å². The zero-order valence-electron chi connectivity index (χ0n) is 10.4. The molecular formula is C11H18N4O2S. The number of aromatic nitrogens is 1. The molecule has 18 heavy (non-hydrogen) atoms. The largest absolute Gasteiger partial charge is 0.339 e. The minimum atomic E-state index is -0.0582. The molecular weight excluding hydrogens is 252 g/mol. The maximum atomic E-state index is 11.9. The summed E-state index contributed by atoms with van der Waals surface area (Å²) in [5.74, 6) is 0.126. The van der Waals surface area contributed by atoms with E-state index in [2.05, 4.69) is 22.2 Å². The van der Waals surface area contributed by atoms with Crippen LogP contribution in [0.1, 0.15) is 5.69 Å². The molecule has 0 aliphatic carbocycles. The first-order valence-electron chi connectivity index (χ1n) is 5.99. The van der Waals surface area contributed by atoms with Gasteiger partial charge in [-0.15, -0.1) is 0 Å². The lowest BCUT2D eigenvalue weighted by Crippen LogP contribution is -2.49. The summed E-state index contributed by atoms with van der Waals surface area (Å²) in [6.45, 7) is 4.31. The molecule has 1 aromatic heterocycles. The molecule has 0 bridgehead atoms. The Hall–Kier alpha value is -1.18. The van der Waals surface area contributed by atoms with Crippen LogP contribution in [0.2, 0.25) is 0 Å². The molecule has 1 aliphatic heterocycles. The lowest BCUT2D eigenvalue weighted by molar-refractivity contribution is -0.131. The average Bonchev–Trinajstić information content (AvgIpc) is 2.76. The molecule has 2 heterocycles. The Labute approximate surface area is 110 Å². The quantitative estimate of drug-likeness (QED) is 0.759. The summed E-state index contributed by atoms with van der Waals surface area (Å²) in [7, 11) is 2.06. The van der Waals surface area contributed by atoms with Crippen molar-refractivity contribution in [2.24, 2.45) is 0 Å². The second kappa shape index (κ2) is 6.12. The molecule has 1 amide bonds. The number of H-pyrrole nitrogens is 1. The SMILES string of the molecule is CN1CCN(C(=O)CNCc2csc(=O)[nH]2)CC1. The van der Waals surface area contributed by atoms with Gasteiger partial charge in [-0.3, -0.25) is 9.59 Å². The first-order valence-corrected chi connectivity index (χ1v) is 6.87. The molecule has 0 radical (unpaired) electrons. The molecule has 100 valence electrons. The zero-order valence-corrected chi connectivity index (χ0v) is 11.3. The van der Waals surface area contributed by atoms with Gasteiger partial charge in [0.05, 0.1) is 6.54 Å². The van der Waals surface area contributed by atoms with Crippen LogP contribution < -0.4 is 10.2 Å². The summed E-state index contributed by atoms with van der Waals surface area (Å²) in [6, 6.07) is 0. The number of nitrogens with one attached hydrogen (secondary N) is 2. The van der Waals surface area contributed by atoms with Gasteiger partial charge in [-0.1, -0.05) is 11.3 Å². The second-order valence-corrected chi connectivity index (χ2v) is 5.30. The maximum Gasteiger partial charge on any atom is 0.304 e. The van der Waals surface area contributed by atoms with Crippen molar-refractivity contribution in [3.8, 4) is 0 Å². The Morgan fingerprint density at radius 1 is 1.44 bits per heavy atom. The third-order valence-electron chi connectivity index (χ3n) is 3.02. The number of carbonyl (C=O) groups excluding carboxylic acids is 1. The molecule has 0 saturated carbocycles. The molecule has 1 saturated heterocycles. The number of amides is 1. The summed E-state index contributed by atoms with van der Waals surface area (Å²) in [6.07, 6.45) is 0. The van der Waals surface area contributed by atoms with E-state index in [0.717, 1.165) is 43.2 Å². The number of hydrogen-bond donors (Lipinski definition) is 2. The van der Waals surface area contributed by atoms with Crippen molar-refractivity contribution in [1.82, 2.24) is 20.1 Å². The first-order chi connectivity index (χ1) is 8.65. The van der Waals surface area contributed by atoms with E-state index in [1.807, 2.05) is 4.90 Å². The van der Waals surface area contributed by atoms with Crippen LogP contribution in [0.4, 0.5) is 0 Å². The highest BCUT2D eigenvalue weighted by molar-refractivity contribution is 7.07. The van der Waals surface area contributed by atoms with Gasteiger partial charge >= 0.3 is 4.87 Å². The molecule has 0 atom stereocenters. The standard InChI is InChI=1S/C11H18N4O2S/c1-14-2-4-15(5-3-14)10(16)7-12-6-9-8-18-11(17)13-9/h8,12H,2-7H2,1H3,(H,13,17). The fourth-order valence-electron chi connectivity index (χ4n) is 1.87. The summed E-state index contributed by atoms with van der Waals surface area (Å²) in [4.78, 5) is 29.5. The monoisotopic (exact) mass is 270 g/mol. The molecule has 0 spiro atoms. The molecule has 0 unspecified atom stereocenters. The van der Waals surface area contributed by atoms with Gasteiger partial charge in [0.1, 0.15) is 0 Å². The number of hydrogen-bond acceptors (Lipinski definition) is 5. The highest BCUT2D eigenvalue weighted by atomic mass is 32.1. The third-order valence-corrected chi connectivity index (χ3v) is 3.74. The molecule has 6 nitrogen and oxygen atoms in total. The number of thiazole rings is 1. The first kappa shape index (κ1) is 13.3. The Morgan fingerprint density at radius 2 is 2.17 bits per heavy atom. The van der Waals surface area contributed by atoms with Gasteiger partial charge in [0, 0.05) is 43.8 Å². The van der Waals surface area contributed by atoms with Crippen molar-refractivity contribution < 1.29 is 4.79 Å². The molecule has 7 heteroatoms. The van der Waals surface area contributed by atoms with E-state index >= 15 is 0 Å². The Morgan fingerprint density at radius 3 is 2.78 bits per heavy atom. The maximum absolute atomic E-state index is 11.9. The van der Waals surface area contributed by atoms with Crippen LogP contribution in [0.15, 0.2) is 10.2 Å². The number of rotatable bonds is 4. The van der Waals surface area contributed by atoms with Crippen LogP contribution in [0.25, 0.3) is 0 Å². The second-order valence-electron chi connectivity index (χ2n) is 4.46. The van der Waals surface area contributed by atoms with Crippen LogP contribution in [-0.2, 0) is 11.3 Å². The van der Waals surface area contributed by atoms with E-state index in [4.69, 9.17) is 0 Å². The van der Waals surface area contributed by atoms with Gasteiger partial charge in [-0.2, -0.15) is 0 Å². The number of piperazine rings is 1. The number of nitrogens with zero attached hydrogens (tertiary/aromatic N) is 2. The van der Waals surface area contributed by atoms with E-state index in [1.165, 1.54) is 0 Å². The normalized spacial score (nSPS) is 17.1. The van der Waals surface area contributed by atoms with Gasteiger partial charge in [0.15, 0.2) is 0 Å². The lowest BCUT2D eigenvalue weighted by Gasteiger charge is -2.32. The van der Waals surface area contributed by atoms with Crippen LogP contribution in [0, 0.1) is 0 Å². The number of likely N-dealkylation sites (N-methyl/N-ethyl adjacent to an activating group) is 1. The van der Waals surface area contributed by atoms with Gasteiger partial charge < -0.3 is 20.1 Å². The molecule has 2 N–H and O–H groups in total. The zero-order chi connectivity index (χ0) is 13.0. The molecule has 1 fully saturated rings. The van der Waals surface area contributed by atoms with Crippen LogP contribution in [0.5, 0.6) is 0 Å². The van der Waals surface area contributed by atoms with E-state index in [1.54, 1.807) is 5.38 Å².